The number of benzene rings is 9. The van der Waals surface area contributed by atoms with Crippen molar-refractivity contribution in [2.45, 2.75) is 43.9 Å². The quantitative estimate of drug-likeness (QED) is 0.177. The number of fused-ring (bicyclic) bond motifs is 15. The Morgan fingerprint density at radius 2 is 0.938 bits per heavy atom. The van der Waals surface area contributed by atoms with E-state index in [-0.39, 0.29) is 10.8 Å². The van der Waals surface area contributed by atoms with Gasteiger partial charge in [-0.05, 0) is 115 Å². The zero-order chi connectivity index (χ0) is 43.0. The fraction of sp³-hybridized carbons (Fsp3) is 0.115. The van der Waals surface area contributed by atoms with E-state index in [0.29, 0.717) is 0 Å². The van der Waals surface area contributed by atoms with Gasteiger partial charge < -0.3 is 14.1 Å². The van der Waals surface area contributed by atoms with Gasteiger partial charge in [-0.2, -0.15) is 0 Å². The van der Waals surface area contributed by atoms with E-state index in [1.54, 1.807) is 0 Å². The summed E-state index contributed by atoms with van der Waals surface area (Å²) in [7, 11) is 0. The third-order valence-electron chi connectivity index (χ3n) is 15.3. The van der Waals surface area contributed by atoms with Crippen molar-refractivity contribution >= 4 is 39.0 Å². The van der Waals surface area contributed by atoms with Crippen molar-refractivity contribution in [2.24, 2.45) is 0 Å². The molecule has 9 aromatic carbocycles. The lowest BCUT2D eigenvalue weighted by Crippen LogP contribution is -2.43. The Balaban J connectivity index is 1.10. The minimum Gasteiger partial charge on any atom is -0.457 e. The molecule has 2 heterocycles. The van der Waals surface area contributed by atoms with Crippen LogP contribution in [0.3, 0.4) is 0 Å². The molecular formula is C61H45NO2. The van der Waals surface area contributed by atoms with Gasteiger partial charge in [0.05, 0.1) is 22.2 Å². The van der Waals surface area contributed by atoms with Crippen molar-refractivity contribution in [2.75, 3.05) is 4.90 Å². The van der Waals surface area contributed by atoms with Gasteiger partial charge in [0.1, 0.15) is 22.7 Å². The van der Waals surface area contributed by atoms with Crippen LogP contribution in [0.4, 0.5) is 17.1 Å². The summed E-state index contributed by atoms with van der Waals surface area (Å²) in [5, 5.41) is 2.16. The van der Waals surface area contributed by atoms with Crippen LogP contribution in [-0.2, 0) is 16.2 Å². The first kappa shape index (κ1) is 37.0. The average molecular weight is 824 g/mol. The minimum absolute atomic E-state index is 0.109. The lowest BCUT2D eigenvalue weighted by atomic mass is 9.55. The Morgan fingerprint density at radius 1 is 0.375 bits per heavy atom. The summed E-state index contributed by atoms with van der Waals surface area (Å²) in [6.45, 7) is 9.64. The van der Waals surface area contributed by atoms with E-state index in [1.807, 2.05) is 0 Å². The van der Waals surface area contributed by atoms with Crippen LogP contribution in [0.2, 0.25) is 0 Å². The van der Waals surface area contributed by atoms with Crippen molar-refractivity contribution in [3.63, 3.8) is 0 Å². The van der Waals surface area contributed by atoms with Crippen LogP contribution in [-0.4, -0.2) is 0 Å². The van der Waals surface area contributed by atoms with Gasteiger partial charge in [0, 0.05) is 27.8 Å². The Labute approximate surface area is 373 Å². The van der Waals surface area contributed by atoms with E-state index in [0.717, 1.165) is 72.8 Å². The molecule has 0 N–H and O–H groups in total. The van der Waals surface area contributed by atoms with Gasteiger partial charge in [0.2, 0.25) is 0 Å². The molecule has 306 valence electrons. The largest absolute Gasteiger partial charge is 0.457 e. The molecule has 3 aliphatic rings. The van der Waals surface area contributed by atoms with E-state index in [2.05, 4.69) is 233 Å². The van der Waals surface area contributed by atoms with Crippen LogP contribution >= 0.6 is 0 Å². The fourth-order valence-corrected chi connectivity index (χ4v) is 11.6. The topological polar surface area (TPSA) is 25.6 Å². The second kappa shape index (κ2) is 13.2. The molecule has 3 nitrogen and oxygen atoms in total. The van der Waals surface area contributed by atoms with Crippen LogP contribution < -0.4 is 9.64 Å². The van der Waals surface area contributed by atoms with E-state index < -0.39 is 5.41 Å². The first-order chi connectivity index (χ1) is 31.3. The number of nitrogens with zero attached hydrogens (tertiary/aromatic N) is 1. The van der Waals surface area contributed by atoms with Gasteiger partial charge in [-0.1, -0.05) is 173 Å². The van der Waals surface area contributed by atoms with Gasteiger partial charge in [0.15, 0.2) is 0 Å². The molecule has 0 unspecified atom stereocenters. The molecule has 1 aliphatic heterocycles. The fourth-order valence-electron chi connectivity index (χ4n) is 11.6. The van der Waals surface area contributed by atoms with Gasteiger partial charge in [-0.25, -0.2) is 0 Å². The van der Waals surface area contributed by atoms with Gasteiger partial charge in [-0.15, -0.1) is 0 Å². The first-order valence-electron chi connectivity index (χ1n) is 22.4. The highest BCUT2D eigenvalue weighted by Gasteiger charge is 2.51. The van der Waals surface area contributed by atoms with Crippen LogP contribution in [0, 0.1) is 0 Å². The Morgan fingerprint density at radius 3 is 1.67 bits per heavy atom. The summed E-state index contributed by atoms with van der Waals surface area (Å²) in [5.74, 6) is 1.76. The number of ether oxygens (including phenoxy) is 1. The third kappa shape index (κ3) is 4.82. The first-order valence-corrected chi connectivity index (χ1v) is 22.4. The normalized spacial score (nSPS) is 15.4. The Hall–Kier alpha value is -7.62. The molecule has 0 atom stereocenters. The van der Waals surface area contributed by atoms with E-state index in [9.17, 15) is 0 Å². The summed E-state index contributed by atoms with van der Waals surface area (Å²) in [6.07, 6.45) is 0. The molecule has 0 bridgehead atoms. The van der Waals surface area contributed by atoms with E-state index in [1.165, 1.54) is 44.5 Å². The van der Waals surface area contributed by atoms with Crippen LogP contribution in [0.1, 0.15) is 61.1 Å². The molecule has 3 heteroatoms. The highest BCUT2D eigenvalue weighted by Crippen LogP contribution is 2.63. The summed E-state index contributed by atoms with van der Waals surface area (Å²) in [5.41, 5.74) is 19.0. The Bertz CT molecular complexity index is 3510. The standard InChI is InChI=1S/C61H45NO2/c1-59(2)46-24-11-8-22-41(46)43-34-33-39(35-50(43)60(59,3)4)62(52-28-15-10-21-40(52)38-19-6-5-7-20-38)53-29-18-32-56-58(53)45-36-44-42-23-9-12-25-47(42)61(51(44)37-57(45)64-56)48-26-13-16-30-54(48)63-55-31-17-14-27-49(55)61/h5-37H,1-4H3. The predicted octanol–water partition coefficient (Wildman–Crippen LogP) is 16.4. The summed E-state index contributed by atoms with van der Waals surface area (Å²) in [6, 6.07) is 73.0. The van der Waals surface area contributed by atoms with E-state index >= 15 is 0 Å². The molecule has 0 fully saturated rings. The predicted molar refractivity (Wildman–Crippen MR) is 263 cm³/mol. The monoisotopic (exact) mass is 823 g/mol. The molecule has 13 rings (SSSR count). The Kier molecular flexibility index (Phi) is 7.63. The lowest BCUT2D eigenvalue weighted by molar-refractivity contribution is 0.299. The smallest absolute Gasteiger partial charge is 0.137 e. The number of rotatable bonds is 4. The average Bonchev–Trinajstić information content (AvgIpc) is 3.84. The molecule has 1 aromatic heterocycles. The van der Waals surface area contributed by atoms with Crippen LogP contribution in [0.5, 0.6) is 11.5 Å². The van der Waals surface area contributed by atoms with Crippen molar-refractivity contribution in [1.82, 2.24) is 0 Å². The zero-order valence-corrected chi connectivity index (χ0v) is 36.3. The second-order valence-corrected chi connectivity index (χ2v) is 18.8. The summed E-state index contributed by atoms with van der Waals surface area (Å²) < 4.78 is 13.7. The van der Waals surface area contributed by atoms with Gasteiger partial charge >= 0.3 is 0 Å². The highest BCUT2D eigenvalue weighted by atomic mass is 16.5. The minimum atomic E-state index is -0.587. The van der Waals surface area contributed by atoms with Gasteiger partial charge in [0.25, 0.3) is 0 Å². The summed E-state index contributed by atoms with van der Waals surface area (Å²) in [4.78, 5) is 2.48. The maximum Gasteiger partial charge on any atom is 0.137 e. The number of hydrogen-bond acceptors (Lipinski definition) is 3. The molecule has 0 radical (unpaired) electrons. The number of para-hydroxylation sites is 3. The number of anilines is 3. The van der Waals surface area contributed by atoms with Crippen molar-refractivity contribution < 1.29 is 9.15 Å². The SMILES string of the molecule is CC1(C)c2ccccc2-c2ccc(N(c3ccccc3-c3ccccc3)c3cccc4oc5cc6c(cc5c34)-c3ccccc3C63c4ccccc4Oc4ccccc43)cc2C1(C)C. The van der Waals surface area contributed by atoms with Crippen molar-refractivity contribution in [3.05, 3.63) is 234 Å². The zero-order valence-electron chi connectivity index (χ0n) is 36.3. The number of furan rings is 1. The molecule has 1 spiro atoms. The molecule has 0 saturated heterocycles. The molecule has 2 aliphatic carbocycles. The second-order valence-electron chi connectivity index (χ2n) is 18.8. The van der Waals surface area contributed by atoms with Crippen LogP contribution in [0.15, 0.2) is 205 Å². The van der Waals surface area contributed by atoms with Gasteiger partial charge in [-0.3, -0.25) is 0 Å². The molecule has 0 saturated carbocycles. The maximum atomic E-state index is 7.10. The molecular weight excluding hydrogens is 779 g/mol. The molecule has 64 heavy (non-hydrogen) atoms. The van der Waals surface area contributed by atoms with E-state index in [4.69, 9.17) is 9.15 Å². The maximum absolute atomic E-state index is 7.10. The molecule has 0 amide bonds. The molecule has 10 aromatic rings. The van der Waals surface area contributed by atoms with Crippen molar-refractivity contribution in [3.8, 4) is 44.9 Å². The summed E-state index contributed by atoms with van der Waals surface area (Å²) >= 11 is 0. The highest BCUT2D eigenvalue weighted by molar-refractivity contribution is 6.16. The lowest BCUT2D eigenvalue weighted by Gasteiger charge is -2.48. The third-order valence-corrected chi connectivity index (χ3v) is 15.3. The van der Waals surface area contributed by atoms with Crippen molar-refractivity contribution in [1.29, 1.82) is 0 Å². The van der Waals surface area contributed by atoms with Crippen LogP contribution in [0.25, 0.3) is 55.3 Å². The number of hydrogen-bond donors (Lipinski definition) is 0.